The SMILES string of the molecule is COCC(O)CCNc1nccc(C)n1. The molecule has 0 saturated heterocycles. The largest absolute Gasteiger partial charge is 0.391 e. The quantitative estimate of drug-likeness (QED) is 0.721. The van der Waals surface area contributed by atoms with E-state index in [0.29, 0.717) is 25.5 Å². The highest BCUT2D eigenvalue weighted by atomic mass is 16.5. The standard InChI is InChI=1S/C10H17N3O2/c1-8-3-5-11-10(13-8)12-6-4-9(14)7-15-2/h3,5,9,14H,4,6-7H2,1-2H3,(H,11,12,13). The Bertz CT molecular complexity index is 294. The molecule has 0 aliphatic carbocycles. The summed E-state index contributed by atoms with van der Waals surface area (Å²) in [6.45, 7) is 2.90. The van der Waals surface area contributed by atoms with Crippen LogP contribution in [0.25, 0.3) is 0 Å². The number of hydrogen-bond donors (Lipinski definition) is 2. The van der Waals surface area contributed by atoms with Crippen molar-refractivity contribution in [2.45, 2.75) is 19.4 Å². The van der Waals surface area contributed by atoms with Crippen molar-refractivity contribution in [3.8, 4) is 0 Å². The van der Waals surface area contributed by atoms with Gasteiger partial charge in [0.15, 0.2) is 0 Å². The summed E-state index contributed by atoms with van der Waals surface area (Å²) in [5.41, 5.74) is 0.921. The van der Waals surface area contributed by atoms with Crippen molar-refractivity contribution in [2.75, 3.05) is 25.6 Å². The lowest BCUT2D eigenvalue weighted by atomic mass is 10.3. The van der Waals surface area contributed by atoms with E-state index < -0.39 is 6.10 Å². The van der Waals surface area contributed by atoms with Crippen molar-refractivity contribution in [1.82, 2.24) is 9.97 Å². The molecular weight excluding hydrogens is 194 g/mol. The van der Waals surface area contributed by atoms with Crippen molar-refractivity contribution in [3.05, 3.63) is 18.0 Å². The van der Waals surface area contributed by atoms with Gasteiger partial charge < -0.3 is 15.2 Å². The predicted molar refractivity (Wildman–Crippen MR) is 57.8 cm³/mol. The van der Waals surface area contributed by atoms with Gasteiger partial charge in [-0.2, -0.15) is 0 Å². The van der Waals surface area contributed by atoms with Crippen LogP contribution in [0, 0.1) is 6.92 Å². The summed E-state index contributed by atoms with van der Waals surface area (Å²) in [5, 5.41) is 12.4. The third-order valence-corrected chi connectivity index (χ3v) is 1.91. The van der Waals surface area contributed by atoms with E-state index in [2.05, 4.69) is 15.3 Å². The van der Waals surface area contributed by atoms with Crippen LogP contribution in [0.5, 0.6) is 0 Å². The maximum Gasteiger partial charge on any atom is 0.222 e. The first-order chi connectivity index (χ1) is 7.22. The van der Waals surface area contributed by atoms with Gasteiger partial charge in [0.05, 0.1) is 12.7 Å². The average molecular weight is 211 g/mol. The summed E-state index contributed by atoms with van der Waals surface area (Å²) in [6.07, 6.45) is 1.88. The molecule has 0 aliphatic rings. The van der Waals surface area contributed by atoms with Gasteiger partial charge in [-0.25, -0.2) is 9.97 Å². The molecule has 1 atom stereocenters. The number of aromatic nitrogens is 2. The minimum absolute atomic E-state index is 0.357. The van der Waals surface area contributed by atoms with Gasteiger partial charge in [-0.1, -0.05) is 0 Å². The van der Waals surface area contributed by atoms with Crippen LogP contribution >= 0.6 is 0 Å². The summed E-state index contributed by atoms with van der Waals surface area (Å²) < 4.78 is 4.82. The Balaban J connectivity index is 2.25. The van der Waals surface area contributed by atoms with Gasteiger partial charge in [0, 0.05) is 25.5 Å². The molecule has 1 aromatic rings. The van der Waals surface area contributed by atoms with E-state index in [9.17, 15) is 5.11 Å². The smallest absolute Gasteiger partial charge is 0.222 e. The van der Waals surface area contributed by atoms with E-state index in [1.807, 2.05) is 13.0 Å². The van der Waals surface area contributed by atoms with Crippen LogP contribution in [-0.4, -0.2) is 41.4 Å². The van der Waals surface area contributed by atoms with Crippen molar-refractivity contribution >= 4 is 5.95 Å². The number of aryl methyl sites for hydroxylation is 1. The number of aliphatic hydroxyl groups excluding tert-OH is 1. The van der Waals surface area contributed by atoms with Gasteiger partial charge in [-0.05, 0) is 19.4 Å². The Morgan fingerprint density at radius 2 is 2.40 bits per heavy atom. The zero-order valence-electron chi connectivity index (χ0n) is 9.10. The molecule has 0 spiro atoms. The predicted octanol–water partition coefficient (Wildman–Crippen LogP) is 0.594. The maximum absolute atomic E-state index is 9.38. The minimum atomic E-state index is -0.438. The number of nitrogens with one attached hydrogen (secondary N) is 1. The first-order valence-electron chi connectivity index (χ1n) is 4.93. The van der Waals surface area contributed by atoms with Gasteiger partial charge in [0.25, 0.3) is 0 Å². The molecule has 0 radical (unpaired) electrons. The zero-order chi connectivity index (χ0) is 11.1. The monoisotopic (exact) mass is 211 g/mol. The Kier molecular flexibility index (Phi) is 5.00. The van der Waals surface area contributed by atoms with E-state index in [4.69, 9.17) is 4.74 Å². The Hall–Kier alpha value is -1.20. The van der Waals surface area contributed by atoms with Gasteiger partial charge >= 0.3 is 0 Å². The first-order valence-corrected chi connectivity index (χ1v) is 4.93. The lowest BCUT2D eigenvalue weighted by Gasteiger charge is -2.09. The van der Waals surface area contributed by atoms with Crippen LogP contribution in [0.2, 0.25) is 0 Å². The number of aliphatic hydroxyl groups is 1. The van der Waals surface area contributed by atoms with E-state index in [-0.39, 0.29) is 0 Å². The molecule has 0 aromatic carbocycles. The van der Waals surface area contributed by atoms with Crippen LogP contribution in [0.15, 0.2) is 12.3 Å². The molecular formula is C10H17N3O2. The highest BCUT2D eigenvalue weighted by Crippen LogP contribution is 2.00. The van der Waals surface area contributed by atoms with Crippen LogP contribution in [-0.2, 0) is 4.74 Å². The second-order valence-electron chi connectivity index (χ2n) is 3.35. The second kappa shape index (κ2) is 6.31. The summed E-state index contributed by atoms with van der Waals surface area (Å²) in [5.74, 6) is 0.597. The van der Waals surface area contributed by atoms with Crippen LogP contribution < -0.4 is 5.32 Å². The molecule has 1 unspecified atom stereocenters. The number of ether oxygens (including phenoxy) is 1. The topological polar surface area (TPSA) is 67.3 Å². The molecule has 1 heterocycles. The second-order valence-corrected chi connectivity index (χ2v) is 3.35. The van der Waals surface area contributed by atoms with Crippen molar-refractivity contribution in [1.29, 1.82) is 0 Å². The summed E-state index contributed by atoms with van der Waals surface area (Å²) >= 11 is 0. The molecule has 0 aliphatic heterocycles. The maximum atomic E-state index is 9.38. The first kappa shape index (κ1) is 11.9. The molecule has 15 heavy (non-hydrogen) atoms. The van der Waals surface area contributed by atoms with E-state index >= 15 is 0 Å². The number of rotatable bonds is 6. The lowest BCUT2D eigenvalue weighted by Crippen LogP contribution is -2.19. The molecule has 0 fully saturated rings. The van der Waals surface area contributed by atoms with Gasteiger partial charge in [-0.15, -0.1) is 0 Å². The Labute approximate surface area is 89.5 Å². The third-order valence-electron chi connectivity index (χ3n) is 1.91. The minimum Gasteiger partial charge on any atom is -0.391 e. The van der Waals surface area contributed by atoms with Gasteiger partial charge in [0.1, 0.15) is 0 Å². The molecule has 5 nitrogen and oxygen atoms in total. The van der Waals surface area contributed by atoms with E-state index in [1.54, 1.807) is 13.3 Å². The molecule has 2 N–H and O–H groups in total. The summed E-state index contributed by atoms with van der Waals surface area (Å²) in [4.78, 5) is 8.23. The Morgan fingerprint density at radius 1 is 1.60 bits per heavy atom. The molecule has 1 aromatic heterocycles. The summed E-state index contributed by atoms with van der Waals surface area (Å²) in [7, 11) is 1.57. The van der Waals surface area contributed by atoms with Gasteiger partial charge in [-0.3, -0.25) is 0 Å². The highest BCUT2D eigenvalue weighted by Gasteiger charge is 2.03. The number of hydrogen-bond acceptors (Lipinski definition) is 5. The third kappa shape index (κ3) is 4.71. The molecule has 0 saturated carbocycles. The lowest BCUT2D eigenvalue weighted by molar-refractivity contribution is 0.0615. The van der Waals surface area contributed by atoms with Crippen LogP contribution in [0.4, 0.5) is 5.95 Å². The van der Waals surface area contributed by atoms with Crippen molar-refractivity contribution in [2.24, 2.45) is 0 Å². The average Bonchev–Trinajstić information content (AvgIpc) is 2.18. The fourth-order valence-corrected chi connectivity index (χ4v) is 1.16. The fourth-order valence-electron chi connectivity index (χ4n) is 1.16. The highest BCUT2D eigenvalue weighted by molar-refractivity contribution is 5.24. The molecule has 1 rings (SSSR count). The summed E-state index contributed by atoms with van der Waals surface area (Å²) in [6, 6.07) is 1.84. The van der Waals surface area contributed by atoms with Crippen LogP contribution in [0.1, 0.15) is 12.1 Å². The molecule has 84 valence electrons. The molecule has 5 heteroatoms. The molecule has 0 bridgehead atoms. The number of anilines is 1. The number of methoxy groups -OCH3 is 1. The van der Waals surface area contributed by atoms with Crippen molar-refractivity contribution in [3.63, 3.8) is 0 Å². The Morgan fingerprint density at radius 3 is 3.07 bits per heavy atom. The van der Waals surface area contributed by atoms with Crippen molar-refractivity contribution < 1.29 is 9.84 Å². The fraction of sp³-hybridized carbons (Fsp3) is 0.600. The normalized spacial score (nSPS) is 12.5. The van der Waals surface area contributed by atoms with Gasteiger partial charge in [0.2, 0.25) is 5.95 Å². The van der Waals surface area contributed by atoms with E-state index in [0.717, 1.165) is 5.69 Å². The number of nitrogens with zero attached hydrogens (tertiary/aromatic N) is 2. The van der Waals surface area contributed by atoms with E-state index in [1.165, 1.54) is 0 Å². The van der Waals surface area contributed by atoms with Crippen LogP contribution in [0.3, 0.4) is 0 Å². The zero-order valence-corrected chi connectivity index (χ0v) is 9.10. The molecule has 0 amide bonds.